The van der Waals surface area contributed by atoms with Gasteiger partial charge in [-0.05, 0) is 77.6 Å². The van der Waals surface area contributed by atoms with E-state index in [-0.39, 0.29) is 93.8 Å². The van der Waals surface area contributed by atoms with Crippen LogP contribution in [-0.4, -0.2) is 42.9 Å². The van der Waals surface area contributed by atoms with Crippen molar-refractivity contribution in [2.45, 2.75) is 196 Å². The van der Waals surface area contributed by atoms with Crippen LogP contribution < -0.4 is 10.4 Å². The van der Waals surface area contributed by atoms with Gasteiger partial charge in [0.05, 0.1) is 11.3 Å². The summed E-state index contributed by atoms with van der Waals surface area (Å²) in [5, 5.41) is 3.64. The molecule has 2 aromatic carbocycles. The number of hydrogen-bond acceptors (Lipinski definition) is 0. The quantitative estimate of drug-likeness (QED) is 0.154. The Balaban J connectivity index is 0. The maximum absolute atomic E-state index is 3.91. The fraction of sp³-hybridized carbons (Fsp3) is 0.714. The van der Waals surface area contributed by atoms with Crippen molar-refractivity contribution in [3.05, 3.63) is 57.6 Å². The summed E-state index contributed by atoms with van der Waals surface area (Å²) in [6.45, 7) is 50.5. The molecule has 50 heavy (non-hydrogen) atoms. The average Bonchev–Trinajstić information content (AvgIpc) is 3.26. The molecule has 4 rings (SSSR count). The van der Waals surface area contributed by atoms with Crippen molar-refractivity contribution in [1.82, 2.24) is 0 Å². The van der Waals surface area contributed by atoms with Crippen LogP contribution in [0.1, 0.15) is 109 Å². The van der Waals surface area contributed by atoms with Gasteiger partial charge in [0.1, 0.15) is 0 Å². The fourth-order valence-corrected chi connectivity index (χ4v) is 29.9. The van der Waals surface area contributed by atoms with E-state index in [4.69, 9.17) is 0 Å². The van der Waals surface area contributed by atoms with E-state index in [1.165, 1.54) is 64.2 Å². The van der Waals surface area contributed by atoms with E-state index in [1.807, 2.05) is 10.4 Å². The van der Waals surface area contributed by atoms with E-state index in [9.17, 15) is 0 Å². The van der Waals surface area contributed by atoms with Crippen LogP contribution in [-0.2, 0) is 0 Å². The Morgan fingerprint density at radius 1 is 0.460 bits per heavy atom. The van der Waals surface area contributed by atoms with Crippen molar-refractivity contribution in [3.8, 4) is 0 Å². The molecule has 308 valence electrons. The van der Waals surface area contributed by atoms with Gasteiger partial charge in [-0.15, -0.1) is 16.1 Å². The van der Waals surface area contributed by atoms with Gasteiger partial charge in [-0.3, -0.25) is 0 Å². The van der Waals surface area contributed by atoms with Gasteiger partial charge in [0.25, 0.3) is 0 Å². The molecule has 0 aliphatic heterocycles. The zero-order chi connectivity index (χ0) is 37.4. The monoisotopic (exact) mass is 1110 g/mol. The summed E-state index contributed by atoms with van der Waals surface area (Å²) in [5.74, 6) is 0. The first-order chi connectivity index (χ1) is 21.7. The SMILES string of the molecule is Cc1c([Si](C)(C)[PH2+]C2CCCCC2)c(C)[c-](C)c1C.Cc1c([Si](C)(C)[PH2+]C2CCCCC2)c(C)[c-](C)c1C.[CH2-][Si](C)(C)C.[CH2-][Si](C)(C)C.[Yb].[Yb]. The second kappa shape index (κ2) is 24.4. The summed E-state index contributed by atoms with van der Waals surface area (Å²) in [5.41, 5.74) is 15.0. The van der Waals surface area contributed by atoms with Crippen molar-refractivity contribution < 1.29 is 93.8 Å². The van der Waals surface area contributed by atoms with E-state index in [1.54, 1.807) is 44.5 Å². The van der Waals surface area contributed by atoms with E-state index in [0.29, 0.717) is 16.3 Å². The smallest absolute Gasteiger partial charge is 0.182 e. The average molecular weight is 1110 g/mol. The van der Waals surface area contributed by atoms with E-state index < -0.39 is 31.6 Å². The van der Waals surface area contributed by atoms with Gasteiger partial charge >= 0.3 is 0 Å². The van der Waals surface area contributed by atoms with Crippen LogP contribution in [0.15, 0.2) is 0 Å². The number of rotatable bonds is 6. The second-order valence-electron chi connectivity index (χ2n) is 19.4. The van der Waals surface area contributed by atoms with Crippen LogP contribution >= 0.6 is 16.3 Å². The van der Waals surface area contributed by atoms with Crippen LogP contribution in [0.3, 0.4) is 0 Å². The Morgan fingerprint density at radius 2 is 0.680 bits per heavy atom. The standard InChI is InChI=1S/2C17H30PSi.2C4H11Si.2Yb/c2*1-12-13(2)15(4)17(14(12)3)19(5,6)18-16-10-8-7-9-11-16;2*1-5(2,3)4;;/h2*16,18H,7-11H2,1-6H3;2*1H2,2-4H3;;/q4*-1;;/p+2. The molecule has 2 atom stereocenters. The summed E-state index contributed by atoms with van der Waals surface area (Å²) in [6.07, 6.45) is 15.1. The predicted molar refractivity (Wildman–Crippen MR) is 247 cm³/mol. The summed E-state index contributed by atoms with van der Waals surface area (Å²) in [7, 11) is -2.77. The molecule has 2 unspecified atom stereocenters. The summed E-state index contributed by atoms with van der Waals surface area (Å²) < 4.78 is 0. The minimum Gasteiger partial charge on any atom is -0.342 e. The minimum absolute atomic E-state index is 0. The molecule has 8 heteroatoms. The van der Waals surface area contributed by atoms with Gasteiger partial charge in [0.2, 0.25) is 0 Å². The van der Waals surface area contributed by atoms with Crippen LogP contribution in [0.25, 0.3) is 0 Å². The normalized spacial score (nSPS) is 16.6. The molecule has 2 aliphatic rings. The van der Waals surface area contributed by atoms with Crippen LogP contribution in [0.5, 0.6) is 0 Å². The molecule has 2 saturated carbocycles. The third kappa shape index (κ3) is 19.8. The maximum atomic E-state index is 3.91. The van der Waals surface area contributed by atoms with Gasteiger partial charge in [0, 0.05) is 93.8 Å². The first-order valence-electron chi connectivity index (χ1n) is 19.6. The van der Waals surface area contributed by atoms with E-state index in [2.05, 4.69) is 134 Å². The summed E-state index contributed by atoms with van der Waals surface area (Å²) in [6, 6.07) is 0. The molecular weight excluding hydrogens is 1020 g/mol. The Morgan fingerprint density at radius 3 is 0.860 bits per heavy atom. The van der Waals surface area contributed by atoms with Crippen LogP contribution in [0, 0.1) is 162 Å². The number of hydrogen-bond donors (Lipinski definition) is 0. The molecule has 0 bridgehead atoms. The molecule has 0 radical (unpaired) electrons. The fourth-order valence-electron chi connectivity index (χ4n) is 8.32. The molecule has 0 nitrogen and oxygen atoms in total. The van der Waals surface area contributed by atoms with Crippen molar-refractivity contribution in [2.24, 2.45) is 0 Å². The molecule has 2 aliphatic carbocycles. The Bertz CT molecular complexity index is 1110. The molecule has 0 saturated heterocycles. The van der Waals surface area contributed by atoms with Crippen LogP contribution in [0.2, 0.25) is 65.5 Å². The first-order valence-corrected chi connectivity index (χ1v) is 38.0. The van der Waals surface area contributed by atoms with Crippen molar-refractivity contribution >= 4 is 58.3 Å². The Labute approximate surface area is 400 Å². The molecule has 2 fully saturated rings. The third-order valence-electron chi connectivity index (χ3n) is 10.8. The Hall–Kier alpha value is 3.47. The largest absolute Gasteiger partial charge is 0.342 e. The Kier molecular flexibility index (Phi) is 27.1. The predicted octanol–water partition coefficient (Wildman–Crippen LogP) is 13.0. The molecule has 0 heterocycles. The molecular formula is C42H84P2Si4Yb2-2. The minimum atomic E-state index is -1.18. The maximum Gasteiger partial charge on any atom is 0.182 e. The molecule has 0 amide bonds. The molecule has 0 spiro atoms. The van der Waals surface area contributed by atoms with Gasteiger partial charge in [-0.1, -0.05) is 124 Å². The van der Waals surface area contributed by atoms with Gasteiger partial charge in [0.15, 0.2) is 15.5 Å². The second-order valence-corrected chi connectivity index (χ2v) is 50.8. The summed E-state index contributed by atoms with van der Waals surface area (Å²) >= 11 is 0. The zero-order valence-corrected chi connectivity index (χ0v) is 46.1. The topological polar surface area (TPSA) is 0 Å². The molecule has 0 aromatic heterocycles. The molecule has 0 N–H and O–H groups in total. The van der Waals surface area contributed by atoms with Crippen molar-refractivity contribution in [3.63, 3.8) is 0 Å². The first kappa shape index (κ1) is 55.6. The zero-order valence-electron chi connectivity index (χ0n) is 36.3. The summed E-state index contributed by atoms with van der Waals surface area (Å²) in [4.78, 5) is 0. The van der Waals surface area contributed by atoms with E-state index >= 15 is 0 Å². The third-order valence-corrected chi connectivity index (χ3v) is 28.3. The van der Waals surface area contributed by atoms with Crippen LogP contribution in [0.4, 0.5) is 0 Å². The molecule has 2 aromatic rings. The van der Waals surface area contributed by atoms with E-state index in [0.717, 1.165) is 11.3 Å². The van der Waals surface area contributed by atoms with Gasteiger partial charge < -0.3 is 13.1 Å². The van der Waals surface area contributed by atoms with Gasteiger partial charge in [-0.2, -0.15) is 54.9 Å². The van der Waals surface area contributed by atoms with Gasteiger partial charge in [-0.25, -0.2) is 0 Å². The van der Waals surface area contributed by atoms with Crippen molar-refractivity contribution in [1.29, 1.82) is 0 Å². The van der Waals surface area contributed by atoms with Crippen molar-refractivity contribution in [2.75, 3.05) is 0 Å².